The van der Waals surface area contributed by atoms with Crippen LogP contribution < -0.4 is 14.8 Å². The molecule has 0 saturated heterocycles. The molecule has 0 radical (unpaired) electrons. The molecule has 0 aliphatic carbocycles. The third-order valence-corrected chi connectivity index (χ3v) is 5.01. The van der Waals surface area contributed by atoms with Crippen molar-refractivity contribution in [1.82, 2.24) is 4.57 Å². The van der Waals surface area contributed by atoms with Crippen molar-refractivity contribution in [3.05, 3.63) is 83.9 Å². The van der Waals surface area contributed by atoms with Gasteiger partial charge in [0.15, 0.2) is 0 Å². The fourth-order valence-electron chi connectivity index (χ4n) is 3.37. The number of alkyl halides is 4. The van der Waals surface area contributed by atoms with Gasteiger partial charge in [-0.3, -0.25) is 4.57 Å². The predicted molar refractivity (Wildman–Crippen MR) is 121 cm³/mol. The molecule has 4 aromatic rings. The second kappa shape index (κ2) is 9.96. The van der Waals surface area contributed by atoms with Gasteiger partial charge in [-0.2, -0.15) is 17.6 Å². The third kappa shape index (κ3) is 5.37. The SMILES string of the molecule is Oc1c(Nc2ccc(OC(F)F)cc2)cc(-c2cccc(Cl)c2)n1-c1ccc(OC(F)F)cc1. The molecule has 0 amide bonds. The number of ether oxygens (including phenoxy) is 2. The maximum Gasteiger partial charge on any atom is 0.387 e. The van der Waals surface area contributed by atoms with Crippen LogP contribution in [0.15, 0.2) is 78.9 Å². The zero-order valence-electron chi connectivity index (χ0n) is 17.3. The molecule has 5 nitrogen and oxygen atoms in total. The number of benzene rings is 3. The maximum atomic E-state index is 12.5. The molecule has 0 aliphatic rings. The summed E-state index contributed by atoms with van der Waals surface area (Å²) in [6.45, 7) is -5.89. The minimum atomic E-state index is -2.96. The van der Waals surface area contributed by atoms with E-state index in [1.165, 1.54) is 53.1 Å². The van der Waals surface area contributed by atoms with Gasteiger partial charge in [-0.05, 0) is 66.7 Å². The summed E-state index contributed by atoms with van der Waals surface area (Å²) < 4.78 is 60.0. The normalized spacial score (nSPS) is 11.1. The molecular weight excluding hydrogens is 476 g/mol. The number of anilines is 2. The van der Waals surface area contributed by atoms with E-state index in [1.54, 1.807) is 30.3 Å². The molecule has 0 saturated carbocycles. The molecule has 0 bridgehead atoms. The van der Waals surface area contributed by atoms with Crippen molar-refractivity contribution in [3.63, 3.8) is 0 Å². The van der Waals surface area contributed by atoms with Crippen LogP contribution in [0, 0.1) is 0 Å². The van der Waals surface area contributed by atoms with Gasteiger partial charge in [-0.25, -0.2) is 0 Å². The van der Waals surface area contributed by atoms with E-state index >= 15 is 0 Å². The number of halogens is 5. The van der Waals surface area contributed by atoms with Crippen LogP contribution in [-0.2, 0) is 0 Å². The lowest BCUT2D eigenvalue weighted by Gasteiger charge is -2.12. The zero-order valence-corrected chi connectivity index (χ0v) is 18.0. The molecule has 3 aromatic carbocycles. The van der Waals surface area contributed by atoms with Crippen LogP contribution >= 0.6 is 11.6 Å². The van der Waals surface area contributed by atoms with Gasteiger partial charge < -0.3 is 19.9 Å². The molecule has 1 heterocycles. The number of rotatable bonds is 8. The van der Waals surface area contributed by atoms with E-state index in [1.807, 2.05) is 0 Å². The molecule has 0 unspecified atom stereocenters. The number of nitrogens with zero attached hydrogens (tertiary/aromatic N) is 1. The zero-order chi connectivity index (χ0) is 24.2. The van der Waals surface area contributed by atoms with E-state index in [-0.39, 0.29) is 17.4 Å². The molecule has 176 valence electrons. The fraction of sp³-hybridized carbons (Fsp3) is 0.0833. The van der Waals surface area contributed by atoms with Gasteiger partial charge in [0.05, 0.1) is 5.69 Å². The Kier molecular flexibility index (Phi) is 6.83. The molecule has 4 rings (SSSR count). The highest BCUT2D eigenvalue weighted by Gasteiger charge is 2.18. The molecule has 10 heteroatoms. The highest BCUT2D eigenvalue weighted by molar-refractivity contribution is 6.30. The van der Waals surface area contributed by atoms with Crippen LogP contribution in [-0.4, -0.2) is 22.9 Å². The Labute approximate surface area is 196 Å². The fourth-order valence-corrected chi connectivity index (χ4v) is 3.56. The van der Waals surface area contributed by atoms with Gasteiger partial charge in [-0.15, -0.1) is 0 Å². The first-order chi connectivity index (χ1) is 16.3. The topological polar surface area (TPSA) is 55.6 Å². The molecule has 2 N–H and O–H groups in total. The van der Waals surface area contributed by atoms with Crippen LogP contribution in [0.2, 0.25) is 5.02 Å². The van der Waals surface area contributed by atoms with Gasteiger partial charge in [0.1, 0.15) is 17.2 Å². The Hall–Kier alpha value is -3.85. The summed E-state index contributed by atoms with van der Waals surface area (Å²) >= 11 is 6.15. The van der Waals surface area contributed by atoms with Crippen molar-refractivity contribution in [2.75, 3.05) is 5.32 Å². The maximum absolute atomic E-state index is 12.5. The molecular formula is C24H17ClF4N2O3. The molecule has 0 aliphatic heterocycles. The van der Waals surface area contributed by atoms with E-state index in [9.17, 15) is 22.7 Å². The number of aromatic hydroxyl groups is 1. The second-order valence-electron chi connectivity index (χ2n) is 7.01. The summed E-state index contributed by atoms with van der Waals surface area (Å²) in [4.78, 5) is 0. The number of aromatic nitrogens is 1. The van der Waals surface area contributed by atoms with Gasteiger partial charge in [0.2, 0.25) is 5.88 Å². The van der Waals surface area contributed by atoms with Crippen molar-refractivity contribution in [3.8, 4) is 34.3 Å². The molecule has 0 atom stereocenters. The van der Waals surface area contributed by atoms with E-state index in [4.69, 9.17) is 11.6 Å². The average molecular weight is 493 g/mol. The smallest absolute Gasteiger partial charge is 0.387 e. The first-order valence-electron chi connectivity index (χ1n) is 9.88. The highest BCUT2D eigenvalue weighted by Crippen LogP contribution is 2.39. The third-order valence-electron chi connectivity index (χ3n) is 4.77. The van der Waals surface area contributed by atoms with Crippen molar-refractivity contribution in [1.29, 1.82) is 0 Å². The molecule has 34 heavy (non-hydrogen) atoms. The number of hydrogen-bond donors (Lipinski definition) is 2. The van der Waals surface area contributed by atoms with Crippen molar-refractivity contribution >= 4 is 23.0 Å². The Bertz CT molecular complexity index is 1260. The Balaban J connectivity index is 1.72. The van der Waals surface area contributed by atoms with E-state index in [0.29, 0.717) is 33.3 Å². The predicted octanol–water partition coefficient (Wildman–Crippen LogP) is 7.45. The largest absolute Gasteiger partial charge is 0.493 e. The van der Waals surface area contributed by atoms with Crippen LogP contribution in [0.5, 0.6) is 17.4 Å². The standard InChI is InChI=1S/C24H17ClF4N2O3/c25-15-3-1-2-14(12-15)21-13-20(30-16-4-8-18(9-5-16)33-23(26)27)22(32)31(21)17-6-10-19(11-7-17)34-24(28)29/h1-13,23-24,30,32H. The summed E-state index contributed by atoms with van der Waals surface area (Å²) in [6.07, 6.45) is 0. The van der Waals surface area contributed by atoms with Gasteiger partial charge >= 0.3 is 13.2 Å². The minimum absolute atomic E-state index is 0.00642. The second-order valence-corrected chi connectivity index (χ2v) is 7.45. The summed E-state index contributed by atoms with van der Waals surface area (Å²) in [5, 5.41) is 14.6. The van der Waals surface area contributed by atoms with Crippen molar-refractivity contribution < 1.29 is 32.1 Å². The van der Waals surface area contributed by atoms with E-state index in [2.05, 4.69) is 14.8 Å². The molecule has 1 aromatic heterocycles. The van der Waals surface area contributed by atoms with Crippen LogP contribution in [0.1, 0.15) is 0 Å². The minimum Gasteiger partial charge on any atom is -0.493 e. The first kappa shape index (κ1) is 23.3. The lowest BCUT2D eigenvalue weighted by atomic mass is 10.1. The van der Waals surface area contributed by atoms with Gasteiger partial charge in [-0.1, -0.05) is 23.7 Å². The lowest BCUT2D eigenvalue weighted by molar-refractivity contribution is -0.0505. The molecule has 0 spiro atoms. The summed E-state index contributed by atoms with van der Waals surface area (Å²) in [6, 6.07) is 20.2. The summed E-state index contributed by atoms with van der Waals surface area (Å²) in [7, 11) is 0. The molecule has 0 fully saturated rings. The van der Waals surface area contributed by atoms with Crippen LogP contribution in [0.3, 0.4) is 0 Å². The van der Waals surface area contributed by atoms with Gasteiger partial charge in [0.25, 0.3) is 0 Å². The van der Waals surface area contributed by atoms with Crippen LogP contribution in [0.4, 0.5) is 28.9 Å². The quantitative estimate of drug-likeness (QED) is 0.251. The number of hydrogen-bond acceptors (Lipinski definition) is 4. The van der Waals surface area contributed by atoms with Crippen molar-refractivity contribution in [2.24, 2.45) is 0 Å². The average Bonchev–Trinajstić information content (AvgIpc) is 3.11. The van der Waals surface area contributed by atoms with E-state index in [0.717, 1.165) is 0 Å². The Morgan fingerprint density at radius 2 is 1.38 bits per heavy atom. The Morgan fingerprint density at radius 3 is 1.94 bits per heavy atom. The summed E-state index contributed by atoms with van der Waals surface area (Å²) in [5.41, 5.74) is 2.53. The first-order valence-corrected chi connectivity index (χ1v) is 10.3. The highest BCUT2D eigenvalue weighted by atomic mass is 35.5. The summed E-state index contributed by atoms with van der Waals surface area (Å²) in [5.74, 6) is -0.211. The van der Waals surface area contributed by atoms with E-state index < -0.39 is 13.2 Å². The monoisotopic (exact) mass is 492 g/mol. The van der Waals surface area contributed by atoms with Gasteiger partial charge in [0, 0.05) is 22.0 Å². The lowest BCUT2D eigenvalue weighted by Crippen LogP contribution is -2.02. The van der Waals surface area contributed by atoms with Crippen LogP contribution in [0.25, 0.3) is 16.9 Å². The number of nitrogens with one attached hydrogen (secondary N) is 1. The Morgan fingerprint density at radius 1 is 0.794 bits per heavy atom. The van der Waals surface area contributed by atoms with Crippen molar-refractivity contribution in [2.45, 2.75) is 13.2 Å².